The number of nitrogens with one attached hydrogen (secondary N) is 2. The molecule has 10 heteroatoms. The molecule has 1 aliphatic heterocycles. The van der Waals surface area contributed by atoms with E-state index in [0.717, 1.165) is 0 Å². The Kier molecular flexibility index (Phi) is 8.81. The molecule has 1 aromatic heterocycles. The average molecular weight is 488 g/mol. The Morgan fingerprint density at radius 3 is 2.76 bits per heavy atom. The van der Waals surface area contributed by atoms with E-state index in [1.807, 2.05) is 13.8 Å². The number of hydrogen-bond donors (Lipinski definition) is 2. The second kappa shape index (κ2) is 11.8. The maximum atomic E-state index is 13.1. The molecule has 0 fully saturated rings. The summed E-state index contributed by atoms with van der Waals surface area (Å²) in [6, 6.07) is 6.08. The van der Waals surface area contributed by atoms with Gasteiger partial charge in [-0.05, 0) is 49.9 Å². The van der Waals surface area contributed by atoms with Gasteiger partial charge in [0.05, 0.1) is 18.2 Å². The Balaban J connectivity index is 1.82. The molecule has 0 unspecified atom stereocenters. The fourth-order valence-electron chi connectivity index (χ4n) is 3.53. The normalized spacial score (nSPS) is 18.1. The van der Waals surface area contributed by atoms with Crippen LogP contribution < -0.4 is 15.4 Å². The predicted octanol–water partition coefficient (Wildman–Crippen LogP) is 2.62. The quantitative estimate of drug-likeness (QED) is 0.673. The number of hydrogen-bond acceptors (Lipinski definition) is 6. The lowest BCUT2D eigenvalue weighted by Gasteiger charge is -2.26. The number of carbonyl (C=O) groups excluding carboxylic acids is 3. The van der Waals surface area contributed by atoms with Crippen molar-refractivity contribution in [3.05, 3.63) is 52.6 Å². The summed E-state index contributed by atoms with van der Waals surface area (Å²) in [4.78, 5) is 48.5. The first-order valence-corrected chi connectivity index (χ1v) is 11.7. The minimum absolute atomic E-state index is 0.0536. The molecule has 0 aliphatic carbocycles. The van der Waals surface area contributed by atoms with E-state index in [0.29, 0.717) is 48.1 Å². The Hall–Kier alpha value is -3.20. The van der Waals surface area contributed by atoms with Crippen molar-refractivity contribution in [2.24, 2.45) is 5.92 Å². The van der Waals surface area contributed by atoms with Gasteiger partial charge in [-0.25, -0.2) is 9.97 Å². The van der Waals surface area contributed by atoms with Crippen molar-refractivity contribution in [2.75, 3.05) is 26.2 Å². The first-order chi connectivity index (χ1) is 16.2. The van der Waals surface area contributed by atoms with Crippen LogP contribution in [0.5, 0.6) is 5.75 Å². The highest BCUT2D eigenvalue weighted by atomic mass is 35.5. The lowest BCUT2D eigenvalue weighted by atomic mass is 10.1. The molecular weight excluding hydrogens is 458 g/mol. The monoisotopic (exact) mass is 487 g/mol. The third kappa shape index (κ3) is 6.90. The highest BCUT2D eigenvalue weighted by Gasteiger charge is 2.24. The molecule has 1 aromatic carbocycles. The van der Waals surface area contributed by atoms with Gasteiger partial charge in [0.15, 0.2) is 0 Å². The SMILES string of the molecule is Cc1nccc(C(=O)N2CCCCNC(=O)c3cc(Cl)ccc3OC[C@H](C(C)C)NC(=O)C2)n1. The molecule has 1 aliphatic rings. The van der Waals surface area contributed by atoms with Gasteiger partial charge in [0.25, 0.3) is 11.8 Å². The van der Waals surface area contributed by atoms with Gasteiger partial charge in [0.2, 0.25) is 5.91 Å². The van der Waals surface area contributed by atoms with Gasteiger partial charge >= 0.3 is 0 Å². The summed E-state index contributed by atoms with van der Waals surface area (Å²) in [5.41, 5.74) is 0.578. The van der Waals surface area contributed by atoms with Crippen LogP contribution >= 0.6 is 11.6 Å². The van der Waals surface area contributed by atoms with Crippen molar-refractivity contribution < 1.29 is 19.1 Å². The average Bonchev–Trinajstić information content (AvgIpc) is 2.80. The summed E-state index contributed by atoms with van der Waals surface area (Å²) in [6.07, 6.45) is 2.73. The number of amides is 3. The molecule has 1 atom stereocenters. The molecule has 3 amide bonds. The summed E-state index contributed by atoms with van der Waals surface area (Å²) in [7, 11) is 0. The minimum Gasteiger partial charge on any atom is -0.491 e. The highest BCUT2D eigenvalue weighted by molar-refractivity contribution is 6.31. The Morgan fingerprint density at radius 2 is 2.03 bits per heavy atom. The number of ether oxygens (including phenoxy) is 1. The number of fused-ring (bicyclic) bond motifs is 1. The lowest BCUT2D eigenvalue weighted by Crippen LogP contribution is -2.48. The number of benzene rings is 1. The fourth-order valence-corrected chi connectivity index (χ4v) is 3.70. The topological polar surface area (TPSA) is 114 Å². The van der Waals surface area contributed by atoms with Crippen LogP contribution in [0.1, 0.15) is 53.4 Å². The molecule has 0 radical (unpaired) electrons. The van der Waals surface area contributed by atoms with Gasteiger partial charge in [0.1, 0.15) is 23.9 Å². The van der Waals surface area contributed by atoms with E-state index in [4.69, 9.17) is 16.3 Å². The van der Waals surface area contributed by atoms with Gasteiger partial charge < -0.3 is 20.3 Å². The summed E-state index contributed by atoms with van der Waals surface area (Å²) >= 11 is 6.10. The zero-order valence-corrected chi connectivity index (χ0v) is 20.4. The zero-order chi connectivity index (χ0) is 24.7. The molecule has 0 saturated heterocycles. The Bertz CT molecular complexity index is 1050. The Morgan fingerprint density at radius 1 is 1.24 bits per heavy atom. The molecule has 9 nitrogen and oxygen atoms in total. The maximum Gasteiger partial charge on any atom is 0.273 e. The molecule has 0 saturated carbocycles. The number of nitrogens with zero attached hydrogens (tertiary/aromatic N) is 3. The third-order valence-corrected chi connectivity index (χ3v) is 5.75. The van der Waals surface area contributed by atoms with Gasteiger partial charge in [-0.2, -0.15) is 0 Å². The number of aromatic nitrogens is 2. The smallest absolute Gasteiger partial charge is 0.273 e. The molecule has 2 heterocycles. The van der Waals surface area contributed by atoms with Crippen molar-refractivity contribution in [2.45, 2.75) is 39.7 Å². The van der Waals surface area contributed by atoms with E-state index in [1.165, 1.54) is 17.2 Å². The van der Waals surface area contributed by atoms with Crippen LogP contribution in [0.4, 0.5) is 0 Å². The molecule has 2 N–H and O–H groups in total. The Labute approximate surface area is 204 Å². The van der Waals surface area contributed by atoms with Crippen LogP contribution in [-0.4, -0.2) is 64.9 Å². The molecule has 3 rings (SSSR count). The van der Waals surface area contributed by atoms with E-state index < -0.39 is 0 Å². The zero-order valence-electron chi connectivity index (χ0n) is 19.6. The maximum absolute atomic E-state index is 13.1. The van der Waals surface area contributed by atoms with E-state index in [1.54, 1.807) is 25.1 Å². The summed E-state index contributed by atoms with van der Waals surface area (Å²) in [5.74, 6) is 0.00986. The van der Waals surface area contributed by atoms with Gasteiger partial charge in [-0.1, -0.05) is 25.4 Å². The largest absolute Gasteiger partial charge is 0.491 e. The van der Waals surface area contributed by atoms with Crippen LogP contribution in [0, 0.1) is 12.8 Å². The van der Waals surface area contributed by atoms with Crippen LogP contribution in [0.15, 0.2) is 30.5 Å². The van der Waals surface area contributed by atoms with Gasteiger partial charge in [-0.3, -0.25) is 14.4 Å². The standard InChI is InChI=1S/C24H30ClN5O4/c1-15(2)20-14-34-21-7-6-17(25)12-18(21)23(32)27-9-4-5-11-30(13-22(31)29-20)24(33)19-8-10-26-16(3)28-19/h6-8,10,12,15,20H,4-5,9,11,13-14H2,1-3H3,(H,27,32)(H,29,31)/t20-/m1/s1. The molecule has 2 aromatic rings. The van der Waals surface area contributed by atoms with Crippen LogP contribution in [0.25, 0.3) is 0 Å². The minimum atomic E-state index is -0.339. The van der Waals surface area contributed by atoms with E-state index >= 15 is 0 Å². The van der Waals surface area contributed by atoms with Crippen molar-refractivity contribution in [3.63, 3.8) is 0 Å². The van der Waals surface area contributed by atoms with Crippen molar-refractivity contribution in [3.8, 4) is 5.75 Å². The van der Waals surface area contributed by atoms with Crippen LogP contribution in [-0.2, 0) is 4.79 Å². The van der Waals surface area contributed by atoms with Crippen molar-refractivity contribution in [1.82, 2.24) is 25.5 Å². The van der Waals surface area contributed by atoms with Crippen molar-refractivity contribution in [1.29, 1.82) is 0 Å². The molecule has 0 bridgehead atoms. The van der Waals surface area contributed by atoms with Crippen molar-refractivity contribution >= 4 is 29.3 Å². The first-order valence-electron chi connectivity index (χ1n) is 11.3. The second-order valence-corrected chi connectivity index (χ2v) is 8.98. The fraction of sp³-hybridized carbons (Fsp3) is 0.458. The lowest BCUT2D eigenvalue weighted by molar-refractivity contribution is -0.123. The summed E-state index contributed by atoms with van der Waals surface area (Å²) in [5, 5.41) is 6.28. The van der Waals surface area contributed by atoms with Gasteiger partial charge in [-0.15, -0.1) is 0 Å². The molecule has 0 spiro atoms. The highest BCUT2D eigenvalue weighted by Crippen LogP contribution is 2.23. The summed E-state index contributed by atoms with van der Waals surface area (Å²) < 4.78 is 5.94. The van der Waals surface area contributed by atoms with Crippen LogP contribution in [0.3, 0.4) is 0 Å². The number of rotatable bonds is 2. The second-order valence-electron chi connectivity index (χ2n) is 8.55. The number of carbonyl (C=O) groups is 3. The summed E-state index contributed by atoms with van der Waals surface area (Å²) in [6.45, 7) is 6.43. The number of halogens is 1. The van der Waals surface area contributed by atoms with E-state index in [-0.39, 0.29) is 48.5 Å². The molecule has 182 valence electrons. The van der Waals surface area contributed by atoms with E-state index in [9.17, 15) is 14.4 Å². The predicted molar refractivity (Wildman–Crippen MR) is 128 cm³/mol. The van der Waals surface area contributed by atoms with Crippen LogP contribution in [0.2, 0.25) is 5.02 Å². The third-order valence-electron chi connectivity index (χ3n) is 5.51. The van der Waals surface area contributed by atoms with E-state index in [2.05, 4.69) is 20.6 Å². The first kappa shape index (κ1) is 25.4. The molecule has 34 heavy (non-hydrogen) atoms. The molecular formula is C24H30ClN5O4. The van der Waals surface area contributed by atoms with Gasteiger partial charge in [0, 0.05) is 24.3 Å². The number of aryl methyl sites for hydroxylation is 1.